The largest absolute Gasteiger partial charge is 0.379 e. The van der Waals surface area contributed by atoms with E-state index in [1.54, 1.807) is 6.92 Å². The Morgan fingerprint density at radius 3 is 2.91 bits per heavy atom. The van der Waals surface area contributed by atoms with Crippen molar-refractivity contribution in [2.75, 3.05) is 19.8 Å². The summed E-state index contributed by atoms with van der Waals surface area (Å²) in [6.45, 7) is 3.74. The third-order valence-corrected chi connectivity index (χ3v) is 4.50. The number of nitrogens with one attached hydrogen (secondary N) is 1. The van der Waals surface area contributed by atoms with Crippen LogP contribution in [0.1, 0.15) is 37.1 Å². The summed E-state index contributed by atoms with van der Waals surface area (Å²) in [5.74, 6) is 0.602. The van der Waals surface area contributed by atoms with E-state index < -0.39 is 0 Å². The molecule has 1 aliphatic heterocycles. The van der Waals surface area contributed by atoms with Gasteiger partial charge in [-0.2, -0.15) is 0 Å². The highest BCUT2D eigenvalue weighted by atomic mass is 16.6. The van der Waals surface area contributed by atoms with E-state index in [1.165, 1.54) is 19.3 Å². The van der Waals surface area contributed by atoms with Gasteiger partial charge in [-0.25, -0.2) is 4.63 Å². The highest BCUT2D eigenvalue weighted by molar-refractivity contribution is 5.78. The number of hydrogen-bond donors (Lipinski definition) is 1. The molecule has 1 aromatic rings. The third-order valence-electron chi connectivity index (χ3n) is 4.50. The van der Waals surface area contributed by atoms with Gasteiger partial charge in [0.15, 0.2) is 0 Å². The van der Waals surface area contributed by atoms with Gasteiger partial charge in [0.25, 0.3) is 0 Å². The van der Waals surface area contributed by atoms with Crippen LogP contribution < -0.4 is 5.32 Å². The van der Waals surface area contributed by atoms with Crippen LogP contribution in [0.2, 0.25) is 0 Å². The molecule has 7 nitrogen and oxygen atoms in total. The number of carbonyl (C=O) groups is 1. The van der Waals surface area contributed by atoms with E-state index in [0.29, 0.717) is 30.5 Å². The second-order valence-corrected chi connectivity index (χ2v) is 6.18. The van der Waals surface area contributed by atoms with Crippen molar-refractivity contribution in [1.82, 2.24) is 15.6 Å². The van der Waals surface area contributed by atoms with Gasteiger partial charge in [-0.05, 0) is 32.1 Å². The predicted molar refractivity (Wildman–Crippen MR) is 77.2 cm³/mol. The summed E-state index contributed by atoms with van der Waals surface area (Å²) in [6, 6.07) is 0.00138. The predicted octanol–water partition coefficient (Wildman–Crippen LogP) is 1.01. The van der Waals surface area contributed by atoms with Crippen molar-refractivity contribution < 1.29 is 18.9 Å². The molecule has 2 atom stereocenters. The molecular weight excluding hydrogens is 286 g/mol. The number of rotatable bonds is 6. The van der Waals surface area contributed by atoms with Gasteiger partial charge in [0.2, 0.25) is 5.91 Å². The topological polar surface area (TPSA) is 86.5 Å². The fraction of sp³-hybridized carbons (Fsp3) is 0.800. The minimum absolute atomic E-state index is 0.00138. The molecule has 0 bridgehead atoms. The lowest BCUT2D eigenvalue weighted by Crippen LogP contribution is -2.50. The second kappa shape index (κ2) is 7.19. The van der Waals surface area contributed by atoms with Gasteiger partial charge < -0.3 is 14.8 Å². The monoisotopic (exact) mass is 309 g/mol. The normalized spacial score (nSPS) is 25.7. The Morgan fingerprint density at radius 1 is 1.36 bits per heavy atom. The average molecular weight is 309 g/mol. The van der Waals surface area contributed by atoms with Crippen molar-refractivity contribution in [3.8, 4) is 0 Å². The molecule has 22 heavy (non-hydrogen) atoms. The molecule has 0 unspecified atom stereocenters. The van der Waals surface area contributed by atoms with E-state index in [1.807, 2.05) is 0 Å². The molecule has 0 spiro atoms. The quantitative estimate of drug-likeness (QED) is 0.844. The van der Waals surface area contributed by atoms with Crippen LogP contribution in [0.3, 0.4) is 0 Å². The van der Waals surface area contributed by atoms with Crippen molar-refractivity contribution in [3.05, 3.63) is 11.4 Å². The summed E-state index contributed by atoms with van der Waals surface area (Å²) in [5, 5.41) is 10.5. The van der Waals surface area contributed by atoms with Gasteiger partial charge in [-0.1, -0.05) is 16.7 Å². The Balaban J connectivity index is 1.49. The zero-order valence-electron chi connectivity index (χ0n) is 12.9. The van der Waals surface area contributed by atoms with Crippen molar-refractivity contribution in [1.29, 1.82) is 0 Å². The lowest BCUT2D eigenvalue weighted by molar-refractivity contribution is -0.126. The van der Waals surface area contributed by atoms with Gasteiger partial charge in [0.1, 0.15) is 17.5 Å². The first kappa shape index (κ1) is 15.4. The SMILES string of the molecule is Cc1nonc1CC(=O)N[C@@H]1CCOC[C@H]1OCC1CCC1. The van der Waals surface area contributed by atoms with Crippen LogP contribution in [0.25, 0.3) is 0 Å². The van der Waals surface area contributed by atoms with Crippen LogP contribution in [-0.2, 0) is 20.7 Å². The third kappa shape index (κ3) is 3.84. The summed E-state index contributed by atoms with van der Waals surface area (Å²) in [7, 11) is 0. The molecule has 1 aromatic heterocycles. The van der Waals surface area contributed by atoms with Crippen LogP contribution in [0.4, 0.5) is 0 Å². The fourth-order valence-corrected chi connectivity index (χ4v) is 2.78. The average Bonchev–Trinajstić information content (AvgIpc) is 2.84. The molecule has 1 amide bonds. The van der Waals surface area contributed by atoms with Crippen LogP contribution in [0.5, 0.6) is 0 Å². The maximum absolute atomic E-state index is 12.2. The van der Waals surface area contributed by atoms with Crippen LogP contribution in [0, 0.1) is 12.8 Å². The van der Waals surface area contributed by atoms with Crippen molar-refractivity contribution in [3.63, 3.8) is 0 Å². The molecule has 122 valence electrons. The van der Waals surface area contributed by atoms with E-state index in [9.17, 15) is 4.79 Å². The Kier molecular flexibility index (Phi) is 5.04. The molecule has 0 radical (unpaired) electrons. The lowest BCUT2D eigenvalue weighted by Gasteiger charge is -2.34. The van der Waals surface area contributed by atoms with Gasteiger partial charge in [0.05, 0.1) is 19.1 Å². The second-order valence-electron chi connectivity index (χ2n) is 6.18. The lowest BCUT2D eigenvalue weighted by atomic mass is 9.86. The number of aryl methyl sites for hydroxylation is 1. The Hall–Kier alpha value is -1.47. The summed E-state index contributed by atoms with van der Waals surface area (Å²) >= 11 is 0. The Bertz CT molecular complexity index is 501. The Morgan fingerprint density at radius 2 is 2.23 bits per heavy atom. The smallest absolute Gasteiger partial charge is 0.226 e. The van der Waals surface area contributed by atoms with Gasteiger partial charge in [-0.15, -0.1) is 0 Å². The minimum atomic E-state index is -0.0806. The molecule has 2 fully saturated rings. The van der Waals surface area contributed by atoms with Gasteiger partial charge in [0, 0.05) is 13.2 Å². The molecular formula is C15H23N3O4. The number of aromatic nitrogens is 2. The van der Waals surface area contributed by atoms with Crippen molar-refractivity contribution in [2.45, 2.75) is 51.2 Å². The van der Waals surface area contributed by atoms with Crippen LogP contribution >= 0.6 is 0 Å². The maximum Gasteiger partial charge on any atom is 0.226 e. The standard InChI is InChI=1S/C15H23N3O4/c1-10-13(18-22-17-10)7-15(19)16-12-5-6-20-9-14(12)21-8-11-3-2-4-11/h11-12,14H,2-9H2,1H3,(H,16,19)/t12-,14-/m1/s1. The number of ether oxygens (including phenoxy) is 2. The zero-order chi connectivity index (χ0) is 15.4. The first-order chi connectivity index (χ1) is 10.7. The summed E-state index contributed by atoms with van der Waals surface area (Å²) < 4.78 is 16.1. The zero-order valence-corrected chi connectivity index (χ0v) is 12.9. The molecule has 1 N–H and O–H groups in total. The maximum atomic E-state index is 12.2. The minimum Gasteiger partial charge on any atom is -0.379 e. The highest BCUT2D eigenvalue weighted by Gasteiger charge is 2.30. The van der Waals surface area contributed by atoms with E-state index in [0.717, 1.165) is 13.0 Å². The van der Waals surface area contributed by atoms with Crippen LogP contribution in [0.15, 0.2) is 4.63 Å². The first-order valence-electron chi connectivity index (χ1n) is 7.99. The first-order valence-corrected chi connectivity index (χ1v) is 7.99. The molecule has 1 saturated carbocycles. The van der Waals surface area contributed by atoms with Crippen LogP contribution in [-0.4, -0.2) is 48.2 Å². The van der Waals surface area contributed by atoms with E-state index in [4.69, 9.17) is 9.47 Å². The number of amides is 1. The molecule has 3 rings (SSSR count). The molecule has 1 saturated heterocycles. The number of hydrogen-bond acceptors (Lipinski definition) is 6. The van der Waals surface area contributed by atoms with E-state index >= 15 is 0 Å². The molecule has 7 heteroatoms. The van der Waals surface area contributed by atoms with Gasteiger partial charge >= 0.3 is 0 Å². The Labute approximate surface area is 129 Å². The van der Waals surface area contributed by atoms with E-state index in [2.05, 4.69) is 20.3 Å². The van der Waals surface area contributed by atoms with Gasteiger partial charge in [-0.3, -0.25) is 4.79 Å². The highest BCUT2D eigenvalue weighted by Crippen LogP contribution is 2.27. The number of nitrogens with zero attached hydrogens (tertiary/aromatic N) is 2. The molecule has 0 aromatic carbocycles. The summed E-state index contributed by atoms with van der Waals surface area (Å²) in [4.78, 5) is 12.2. The molecule has 1 aliphatic carbocycles. The number of carbonyl (C=O) groups excluding carboxylic acids is 1. The summed E-state index contributed by atoms with van der Waals surface area (Å²) in [5.41, 5.74) is 1.23. The summed E-state index contributed by atoms with van der Waals surface area (Å²) in [6.07, 6.45) is 4.71. The molecule has 2 heterocycles. The van der Waals surface area contributed by atoms with Crippen molar-refractivity contribution >= 4 is 5.91 Å². The van der Waals surface area contributed by atoms with E-state index in [-0.39, 0.29) is 24.5 Å². The fourth-order valence-electron chi connectivity index (χ4n) is 2.78. The van der Waals surface area contributed by atoms with Crippen molar-refractivity contribution in [2.24, 2.45) is 5.92 Å². The molecule has 2 aliphatic rings.